The summed E-state index contributed by atoms with van der Waals surface area (Å²) in [6, 6.07) is 2.79. The van der Waals surface area contributed by atoms with Crippen molar-refractivity contribution >= 4 is 28.8 Å². The van der Waals surface area contributed by atoms with E-state index >= 15 is 0 Å². The summed E-state index contributed by atoms with van der Waals surface area (Å²) in [5, 5.41) is 7.43. The molecule has 3 aromatic rings. The first-order valence-electron chi connectivity index (χ1n) is 6.89. The second kappa shape index (κ2) is 6.81. The number of hydrogen-bond donors (Lipinski definition) is 2. The van der Waals surface area contributed by atoms with Gasteiger partial charge in [-0.25, -0.2) is 23.0 Å². The molecule has 1 aromatic carbocycles. The third-order valence-corrected chi connectivity index (χ3v) is 3.34. The second-order valence-electron chi connectivity index (χ2n) is 4.77. The predicted molar refractivity (Wildman–Crippen MR) is 83.2 cm³/mol. The zero-order valence-electron chi connectivity index (χ0n) is 12.4. The van der Waals surface area contributed by atoms with Crippen molar-refractivity contribution in [2.45, 2.75) is 6.54 Å². The van der Waals surface area contributed by atoms with E-state index in [9.17, 15) is 18.4 Å². The van der Waals surface area contributed by atoms with Gasteiger partial charge in [0.05, 0.1) is 12.2 Å². The van der Waals surface area contributed by atoms with E-state index in [1.165, 1.54) is 0 Å². The number of imidazole rings is 1. The van der Waals surface area contributed by atoms with Crippen molar-refractivity contribution in [1.82, 2.24) is 29.8 Å². The average Bonchev–Trinajstić information content (AvgIpc) is 3.01. The Labute approximate surface area is 143 Å². The molecule has 2 heterocycles. The third kappa shape index (κ3) is 3.26. The van der Waals surface area contributed by atoms with E-state index in [1.54, 1.807) is 0 Å². The Bertz CT molecular complexity index is 1000. The monoisotopic (exact) mass is 369 g/mol. The number of amides is 1. The molecule has 130 valence electrons. The summed E-state index contributed by atoms with van der Waals surface area (Å²) in [6.07, 6.45) is 1.12. The summed E-state index contributed by atoms with van der Waals surface area (Å²) in [6.45, 7) is 0.147. The highest BCUT2D eigenvalue weighted by Crippen LogP contribution is 2.14. The number of rotatable bonds is 5. The van der Waals surface area contributed by atoms with Crippen LogP contribution >= 0.6 is 11.6 Å². The Kier molecular flexibility index (Phi) is 4.57. The van der Waals surface area contributed by atoms with E-state index in [2.05, 4.69) is 26.1 Å². The van der Waals surface area contributed by atoms with Gasteiger partial charge in [0.1, 0.15) is 12.1 Å². The molecule has 2 aromatic heterocycles. The zero-order chi connectivity index (χ0) is 18.0. The van der Waals surface area contributed by atoms with Gasteiger partial charge in [-0.2, -0.15) is 4.68 Å². The molecule has 2 N–H and O–H groups in total. The molecule has 3 rings (SSSR count). The van der Waals surface area contributed by atoms with Crippen molar-refractivity contribution in [2.75, 3.05) is 11.3 Å². The van der Waals surface area contributed by atoms with Crippen LogP contribution in [0.5, 0.6) is 0 Å². The zero-order valence-corrected chi connectivity index (χ0v) is 13.2. The van der Waals surface area contributed by atoms with Crippen molar-refractivity contribution in [3.8, 4) is 0 Å². The standard InChI is InChI=1S/C13H10ClF2N7O2/c14-3-4-23-13(25)22-6-17-10(11(22)19-21-23)12(24)20-18-9-2-1-7(15)5-8(9)16/h1-2,5-6,18H,3-4H2,(H,20,24). The number of nitrogens with one attached hydrogen (secondary N) is 2. The Morgan fingerprint density at radius 3 is 2.84 bits per heavy atom. The van der Waals surface area contributed by atoms with Crippen molar-refractivity contribution < 1.29 is 13.6 Å². The maximum absolute atomic E-state index is 13.5. The van der Waals surface area contributed by atoms with Gasteiger partial charge in [-0.1, -0.05) is 5.21 Å². The molecule has 1 amide bonds. The molecular formula is C13H10ClF2N7O2. The predicted octanol–water partition coefficient (Wildman–Crippen LogP) is 0.560. The molecule has 0 spiro atoms. The first kappa shape index (κ1) is 16.8. The number of aryl methyl sites for hydroxylation is 1. The number of alkyl halides is 1. The molecule has 0 unspecified atom stereocenters. The van der Waals surface area contributed by atoms with Gasteiger partial charge in [0.15, 0.2) is 17.2 Å². The largest absolute Gasteiger partial charge is 0.353 e. The van der Waals surface area contributed by atoms with Gasteiger partial charge in [-0.05, 0) is 12.1 Å². The number of nitrogens with zero attached hydrogens (tertiary/aromatic N) is 5. The van der Waals surface area contributed by atoms with Crippen LogP contribution in [0, 0.1) is 11.6 Å². The SMILES string of the molecule is O=C(NNc1ccc(F)cc1F)c1ncn2c(=O)n(CCCl)nnc12. The highest BCUT2D eigenvalue weighted by atomic mass is 35.5. The number of carbonyl (C=O) groups is 1. The lowest BCUT2D eigenvalue weighted by molar-refractivity contribution is 0.0959. The van der Waals surface area contributed by atoms with Crippen LogP contribution in [0.1, 0.15) is 10.5 Å². The lowest BCUT2D eigenvalue weighted by atomic mass is 10.3. The molecule has 9 nitrogen and oxygen atoms in total. The van der Waals surface area contributed by atoms with Gasteiger partial charge < -0.3 is 0 Å². The van der Waals surface area contributed by atoms with Crippen molar-refractivity contribution in [2.24, 2.45) is 0 Å². The number of benzene rings is 1. The van der Waals surface area contributed by atoms with E-state index in [4.69, 9.17) is 11.6 Å². The molecule has 0 radical (unpaired) electrons. The van der Waals surface area contributed by atoms with Crippen molar-refractivity contribution in [3.05, 3.63) is 52.3 Å². The molecule has 12 heteroatoms. The summed E-state index contributed by atoms with van der Waals surface area (Å²) in [7, 11) is 0. The number of aromatic nitrogens is 5. The highest BCUT2D eigenvalue weighted by molar-refractivity contribution is 6.17. The second-order valence-corrected chi connectivity index (χ2v) is 5.15. The van der Waals surface area contributed by atoms with E-state index < -0.39 is 23.2 Å². The van der Waals surface area contributed by atoms with Gasteiger partial charge >= 0.3 is 5.69 Å². The molecule has 0 aliphatic carbocycles. The maximum Gasteiger partial charge on any atom is 0.353 e. The summed E-state index contributed by atoms with van der Waals surface area (Å²) in [5.41, 5.74) is 3.51. The molecule has 0 saturated carbocycles. The van der Waals surface area contributed by atoms with E-state index in [0.717, 1.165) is 27.5 Å². The fourth-order valence-corrected chi connectivity index (χ4v) is 2.15. The Morgan fingerprint density at radius 1 is 1.32 bits per heavy atom. The Balaban J connectivity index is 1.83. The quantitative estimate of drug-likeness (QED) is 0.503. The molecule has 0 saturated heterocycles. The number of halogens is 3. The fraction of sp³-hybridized carbons (Fsp3) is 0.154. The number of hydrogen-bond acceptors (Lipinski definition) is 6. The molecule has 0 aliphatic rings. The Morgan fingerprint density at radius 2 is 2.12 bits per heavy atom. The Hall–Kier alpha value is -3.08. The van der Waals surface area contributed by atoms with Gasteiger partial charge in [0, 0.05) is 11.9 Å². The van der Waals surface area contributed by atoms with Gasteiger partial charge in [-0.15, -0.1) is 16.7 Å². The van der Waals surface area contributed by atoms with E-state index in [-0.39, 0.29) is 29.5 Å². The average molecular weight is 370 g/mol. The van der Waals surface area contributed by atoms with Crippen LogP contribution in [0.15, 0.2) is 29.3 Å². The van der Waals surface area contributed by atoms with Crippen LogP contribution in [-0.2, 0) is 6.54 Å². The molecule has 0 bridgehead atoms. The summed E-state index contributed by atoms with van der Waals surface area (Å²) >= 11 is 5.56. The first-order chi connectivity index (χ1) is 12.0. The van der Waals surface area contributed by atoms with Gasteiger partial charge in [-0.3, -0.25) is 15.6 Å². The van der Waals surface area contributed by atoms with Gasteiger partial charge in [0.2, 0.25) is 0 Å². The smallest absolute Gasteiger partial charge is 0.295 e. The normalized spacial score (nSPS) is 10.8. The summed E-state index contributed by atoms with van der Waals surface area (Å²) < 4.78 is 28.4. The van der Waals surface area contributed by atoms with Crippen LogP contribution in [0.4, 0.5) is 14.5 Å². The lowest BCUT2D eigenvalue weighted by Gasteiger charge is -2.08. The minimum atomic E-state index is -0.890. The molecule has 0 aliphatic heterocycles. The third-order valence-electron chi connectivity index (χ3n) is 3.17. The topological polar surface area (TPSA) is 106 Å². The number of carbonyl (C=O) groups excluding carboxylic acids is 1. The summed E-state index contributed by atoms with van der Waals surface area (Å²) in [4.78, 5) is 28.1. The highest BCUT2D eigenvalue weighted by Gasteiger charge is 2.18. The van der Waals surface area contributed by atoms with Crippen LogP contribution in [0.2, 0.25) is 0 Å². The fourth-order valence-electron chi connectivity index (χ4n) is 1.99. The minimum Gasteiger partial charge on any atom is -0.295 e. The molecule has 0 atom stereocenters. The van der Waals surface area contributed by atoms with Gasteiger partial charge in [0.25, 0.3) is 5.91 Å². The van der Waals surface area contributed by atoms with Crippen LogP contribution in [0.25, 0.3) is 5.65 Å². The number of anilines is 1. The van der Waals surface area contributed by atoms with Crippen molar-refractivity contribution in [3.63, 3.8) is 0 Å². The molecule has 0 fully saturated rings. The van der Waals surface area contributed by atoms with Crippen LogP contribution < -0.4 is 16.5 Å². The van der Waals surface area contributed by atoms with E-state index in [0.29, 0.717) is 6.07 Å². The molecular weight excluding hydrogens is 360 g/mol. The first-order valence-corrected chi connectivity index (χ1v) is 7.43. The van der Waals surface area contributed by atoms with E-state index in [1.807, 2.05) is 0 Å². The summed E-state index contributed by atoms with van der Waals surface area (Å²) in [5.74, 6) is -2.26. The van der Waals surface area contributed by atoms with Crippen LogP contribution in [-0.4, -0.2) is 36.2 Å². The lowest BCUT2D eigenvalue weighted by Crippen LogP contribution is -2.32. The maximum atomic E-state index is 13.5. The molecule has 25 heavy (non-hydrogen) atoms. The number of fused-ring (bicyclic) bond motifs is 1. The number of hydrazine groups is 1. The minimum absolute atomic E-state index is 0.0744. The van der Waals surface area contributed by atoms with Crippen molar-refractivity contribution in [1.29, 1.82) is 0 Å². The van der Waals surface area contributed by atoms with Crippen LogP contribution in [0.3, 0.4) is 0 Å².